The van der Waals surface area contributed by atoms with Crippen LogP contribution >= 0.6 is 0 Å². The summed E-state index contributed by atoms with van der Waals surface area (Å²) in [5, 5.41) is 9.95. The van der Waals surface area contributed by atoms with Crippen LogP contribution in [0.25, 0.3) is 10.9 Å². The molecular formula is C36H44N6O. The van der Waals surface area contributed by atoms with Gasteiger partial charge in [0.2, 0.25) is 0 Å². The molecule has 0 unspecified atom stereocenters. The zero-order chi connectivity index (χ0) is 29.4. The number of rotatable bonds is 13. The van der Waals surface area contributed by atoms with E-state index in [2.05, 4.69) is 118 Å². The molecule has 0 aliphatic carbocycles. The second-order valence-corrected chi connectivity index (χ2v) is 12.2. The molecule has 43 heavy (non-hydrogen) atoms. The Morgan fingerprint density at radius 3 is 2.33 bits per heavy atom. The molecule has 0 atom stereocenters. The number of hydrogen-bond donors (Lipinski definition) is 0. The van der Waals surface area contributed by atoms with Gasteiger partial charge in [-0.3, -0.25) is 9.80 Å². The molecule has 5 aromatic rings. The number of likely N-dealkylation sites (tertiary alicyclic amines) is 1. The Hall–Kier alpha value is -3.94. The van der Waals surface area contributed by atoms with E-state index < -0.39 is 0 Å². The van der Waals surface area contributed by atoms with Crippen LogP contribution in [0, 0.1) is 5.92 Å². The van der Waals surface area contributed by atoms with Crippen molar-refractivity contribution in [3.05, 3.63) is 114 Å². The first kappa shape index (κ1) is 29.1. The van der Waals surface area contributed by atoms with E-state index in [9.17, 15) is 0 Å². The van der Waals surface area contributed by atoms with E-state index in [0.29, 0.717) is 0 Å². The zero-order valence-electron chi connectivity index (χ0n) is 25.6. The average Bonchev–Trinajstić information content (AvgIpc) is 3.59. The highest BCUT2D eigenvalue weighted by molar-refractivity contribution is 5.82. The first-order valence-corrected chi connectivity index (χ1v) is 15.7. The van der Waals surface area contributed by atoms with Crippen molar-refractivity contribution < 1.29 is 4.74 Å². The fourth-order valence-electron chi connectivity index (χ4n) is 6.33. The number of hydrogen-bond acceptors (Lipinski definition) is 5. The highest BCUT2D eigenvalue weighted by atomic mass is 16.5. The summed E-state index contributed by atoms with van der Waals surface area (Å²) < 4.78 is 10.4. The van der Waals surface area contributed by atoms with Gasteiger partial charge in [-0.1, -0.05) is 65.9 Å². The summed E-state index contributed by atoms with van der Waals surface area (Å²) in [5.41, 5.74) is 6.12. The third kappa shape index (κ3) is 7.92. The lowest BCUT2D eigenvalue weighted by atomic mass is 9.92. The maximum absolute atomic E-state index is 6.21. The molecule has 1 fully saturated rings. The van der Waals surface area contributed by atoms with Crippen molar-refractivity contribution in [3.8, 4) is 5.75 Å². The molecule has 7 heteroatoms. The van der Waals surface area contributed by atoms with Crippen molar-refractivity contribution >= 4 is 10.9 Å². The first-order chi connectivity index (χ1) is 21.1. The lowest BCUT2D eigenvalue weighted by Gasteiger charge is -2.32. The van der Waals surface area contributed by atoms with Gasteiger partial charge in [-0.2, -0.15) is 0 Å². The van der Waals surface area contributed by atoms with E-state index in [-0.39, 0.29) is 0 Å². The summed E-state index contributed by atoms with van der Waals surface area (Å²) in [6, 6.07) is 30.0. The Kier molecular flexibility index (Phi) is 9.50. The fraction of sp³-hybridized carbons (Fsp3) is 0.389. The molecule has 1 aliphatic rings. The predicted molar refractivity (Wildman–Crippen MR) is 173 cm³/mol. The molecule has 0 radical (unpaired) electrons. The van der Waals surface area contributed by atoms with Gasteiger partial charge in [-0.05, 0) is 87.1 Å². The Morgan fingerprint density at radius 2 is 1.58 bits per heavy atom. The predicted octanol–water partition coefficient (Wildman–Crippen LogP) is 6.52. The molecule has 6 rings (SSSR count). The average molecular weight is 577 g/mol. The number of aryl methyl sites for hydroxylation is 1. The van der Waals surface area contributed by atoms with Gasteiger partial charge < -0.3 is 9.30 Å². The normalized spacial score (nSPS) is 14.6. The summed E-state index contributed by atoms with van der Waals surface area (Å²) in [4.78, 5) is 4.88. The third-order valence-electron chi connectivity index (χ3n) is 8.73. The minimum Gasteiger partial charge on any atom is -0.494 e. The summed E-state index contributed by atoms with van der Waals surface area (Å²) in [7, 11) is 4.28. The maximum atomic E-state index is 6.21. The zero-order valence-corrected chi connectivity index (χ0v) is 25.6. The van der Waals surface area contributed by atoms with Crippen LogP contribution in [0.5, 0.6) is 5.75 Å². The van der Waals surface area contributed by atoms with Crippen LogP contribution in [0.15, 0.2) is 91.1 Å². The maximum Gasteiger partial charge on any atom is 0.120 e. The molecule has 3 aromatic carbocycles. The Morgan fingerprint density at radius 1 is 0.860 bits per heavy atom. The van der Waals surface area contributed by atoms with Crippen molar-refractivity contribution in [1.82, 2.24) is 29.4 Å². The second kappa shape index (κ2) is 14.0. The summed E-state index contributed by atoms with van der Waals surface area (Å²) >= 11 is 0. The highest BCUT2D eigenvalue weighted by Gasteiger charge is 2.19. The van der Waals surface area contributed by atoms with Crippen LogP contribution in [-0.2, 0) is 33.2 Å². The molecule has 7 nitrogen and oxygen atoms in total. The van der Waals surface area contributed by atoms with E-state index in [4.69, 9.17) is 4.74 Å². The second-order valence-electron chi connectivity index (χ2n) is 12.2. The molecule has 0 N–H and O–H groups in total. The number of aromatic nitrogens is 4. The van der Waals surface area contributed by atoms with E-state index in [1.165, 1.54) is 60.1 Å². The van der Waals surface area contributed by atoms with Crippen LogP contribution in [-0.4, -0.2) is 56.1 Å². The van der Waals surface area contributed by atoms with Crippen LogP contribution in [0.2, 0.25) is 0 Å². The van der Waals surface area contributed by atoms with E-state index in [1.54, 1.807) is 0 Å². The minimum atomic E-state index is 0.736. The van der Waals surface area contributed by atoms with Gasteiger partial charge in [0.1, 0.15) is 5.75 Å². The molecular weight excluding hydrogens is 532 g/mol. The monoisotopic (exact) mass is 576 g/mol. The Bertz CT molecular complexity index is 1570. The molecule has 0 amide bonds. The Labute approximate surface area is 255 Å². The van der Waals surface area contributed by atoms with Crippen LogP contribution in [0.4, 0.5) is 0 Å². The molecule has 224 valence electrons. The van der Waals surface area contributed by atoms with Gasteiger partial charge in [-0.15, -0.1) is 5.10 Å². The molecule has 0 spiro atoms. The Balaban J connectivity index is 0.943. The first-order valence-electron chi connectivity index (χ1n) is 15.7. The topological polar surface area (TPSA) is 51.4 Å². The standard InChI is InChI=1S/C36H44N6O/c1-39(26-33-27-42(38-37-33)25-31-12-7-4-8-13-31)28-34-22-32-23-35(15-16-36(32)40(34)2)43-21-9-14-29-17-19-41(20-18-29)24-30-10-5-3-6-11-30/h3-8,10-13,15-16,22-23,27,29H,9,14,17-21,24-26,28H2,1-2H3. The summed E-state index contributed by atoms with van der Waals surface area (Å²) in [5.74, 6) is 1.78. The van der Waals surface area contributed by atoms with E-state index >= 15 is 0 Å². The number of ether oxygens (including phenoxy) is 1. The highest BCUT2D eigenvalue weighted by Crippen LogP contribution is 2.26. The number of nitrogens with zero attached hydrogens (tertiary/aromatic N) is 6. The number of piperidine rings is 1. The number of benzene rings is 3. The largest absolute Gasteiger partial charge is 0.494 e. The molecule has 2 aromatic heterocycles. The van der Waals surface area contributed by atoms with Crippen molar-refractivity contribution in [2.75, 3.05) is 26.7 Å². The van der Waals surface area contributed by atoms with Gasteiger partial charge in [-0.25, -0.2) is 4.68 Å². The molecule has 3 heterocycles. The summed E-state index contributed by atoms with van der Waals surface area (Å²) in [6.07, 6.45) is 7.01. The quantitative estimate of drug-likeness (QED) is 0.149. The molecule has 1 saturated heterocycles. The van der Waals surface area contributed by atoms with E-state index in [0.717, 1.165) is 56.6 Å². The smallest absolute Gasteiger partial charge is 0.120 e. The SMILES string of the molecule is CN(Cc1cn(Cc2ccccc2)nn1)Cc1cc2cc(OCCCC3CCN(Cc4ccccc4)CC3)ccc2n1C. The van der Waals surface area contributed by atoms with Gasteiger partial charge in [0, 0.05) is 43.3 Å². The van der Waals surface area contributed by atoms with Crippen LogP contribution in [0.3, 0.4) is 0 Å². The van der Waals surface area contributed by atoms with Gasteiger partial charge in [0.25, 0.3) is 0 Å². The molecule has 0 saturated carbocycles. The molecule has 1 aliphatic heterocycles. The number of fused-ring (bicyclic) bond motifs is 1. The van der Waals surface area contributed by atoms with Crippen LogP contribution < -0.4 is 4.74 Å². The van der Waals surface area contributed by atoms with Crippen molar-refractivity contribution in [2.24, 2.45) is 13.0 Å². The molecule has 0 bridgehead atoms. The van der Waals surface area contributed by atoms with Gasteiger partial charge in [0.05, 0.1) is 25.0 Å². The van der Waals surface area contributed by atoms with E-state index in [1.807, 2.05) is 16.9 Å². The van der Waals surface area contributed by atoms with Gasteiger partial charge >= 0.3 is 0 Å². The lowest BCUT2D eigenvalue weighted by Crippen LogP contribution is -2.33. The lowest BCUT2D eigenvalue weighted by molar-refractivity contribution is 0.166. The van der Waals surface area contributed by atoms with Crippen molar-refractivity contribution in [2.45, 2.75) is 51.9 Å². The van der Waals surface area contributed by atoms with Crippen LogP contribution in [0.1, 0.15) is 48.2 Å². The van der Waals surface area contributed by atoms with Crippen molar-refractivity contribution in [3.63, 3.8) is 0 Å². The minimum absolute atomic E-state index is 0.736. The van der Waals surface area contributed by atoms with Crippen molar-refractivity contribution in [1.29, 1.82) is 0 Å². The summed E-state index contributed by atoms with van der Waals surface area (Å²) in [6.45, 7) is 6.58. The fourth-order valence-corrected chi connectivity index (χ4v) is 6.33. The third-order valence-corrected chi connectivity index (χ3v) is 8.73. The van der Waals surface area contributed by atoms with Gasteiger partial charge in [0.15, 0.2) is 0 Å².